The number of hydrogen-bond donors (Lipinski definition) is 2. The number of aromatic nitrogens is 3. The van der Waals surface area contributed by atoms with Gasteiger partial charge in [-0.25, -0.2) is 0 Å². The third-order valence-electron chi connectivity index (χ3n) is 2.54. The third kappa shape index (κ3) is 4.21. The lowest BCUT2D eigenvalue weighted by Gasteiger charge is -2.08. The predicted octanol–water partition coefficient (Wildman–Crippen LogP) is 3.61. The zero-order chi connectivity index (χ0) is 14.4. The normalized spacial score (nSPS) is 10.3. The number of anilines is 2. The highest BCUT2D eigenvalue weighted by atomic mass is 35.5. The van der Waals surface area contributed by atoms with Gasteiger partial charge in [0.1, 0.15) is 0 Å². The first-order valence-electron chi connectivity index (χ1n) is 6.31. The largest absolute Gasteiger partial charge is 0.354 e. The Kier molecular flexibility index (Phi) is 5.38. The van der Waals surface area contributed by atoms with Gasteiger partial charge in [-0.15, -0.1) is 0 Å². The lowest BCUT2D eigenvalue weighted by Crippen LogP contribution is -2.09. The van der Waals surface area contributed by atoms with E-state index in [0.29, 0.717) is 23.5 Å². The lowest BCUT2D eigenvalue weighted by molar-refractivity contribution is 0.932. The van der Waals surface area contributed by atoms with Crippen LogP contribution in [0.25, 0.3) is 0 Å². The first-order chi connectivity index (χ1) is 9.69. The summed E-state index contributed by atoms with van der Waals surface area (Å²) in [7, 11) is 0. The van der Waals surface area contributed by atoms with Crippen molar-refractivity contribution < 1.29 is 0 Å². The Morgan fingerprint density at radius 3 is 2.40 bits per heavy atom. The average molecular weight is 312 g/mol. The fourth-order valence-corrected chi connectivity index (χ4v) is 1.92. The summed E-state index contributed by atoms with van der Waals surface area (Å²) < 4.78 is 0. The Labute approximate surface area is 127 Å². The Morgan fingerprint density at radius 2 is 1.70 bits per heavy atom. The molecule has 1 aromatic heterocycles. The van der Waals surface area contributed by atoms with Crippen LogP contribution >= 0.6 is 23.2 Å². The van der Waals surface area contributed by atoms with Crippen molar-refractivity contribution in [1.29, 1.82) is 0 Å². The van der Waals surface area contributed by atoms with Gasteiger partial charge in [-0.3, -0.25) is 0 Å². The minimum absolute atomic E-state index is 0.153. The summed E-state index contributed by atoms with van der Waals surface area (Å²) in [6.45, 7) is 3.36. The van der Waals surface area contributed by atoms with Gasteiger partial charge in [-0.05, 0) is 29.7 Å². The van der Waals surface area contributed by atoms with Crippen LogP contribution in [-0.2, 0) is 6.54 Å². The van der Waals surface area contributed by atoms with E-state index in [-0.39, 0.29) is 5.28 Å². The maximum atomic E-state index is 6.09. The molecule has 0 saturated carbocycles. The van der Waals surface area contributed by atoms with Crippen LogP contribution < -0.4 is 10.6 Å². The molecule has 2 N–H and O–H groups in total. The minimum atomic E-state index is 0.153. The molecule has 7 heteroatoms. The molecule has 0 spiro atoms. The highest BCUT2D eigenvalue weighted by Gasteiger charge is 2.05. The van der Waals surface area contributed by atoms with Gasteiger partial charge in [-0.1, -0.05) is 36.7 Å². The van der Waals surface area contributed by atoms with Gasteiger partial charge in [0.15, 0.2) is 0 Å². The summed E-state index contributed by atoms with van der Waals surface area (Å²) in [5, 5.41) is 7.01. The number of nitrogens with one attached hydrogen (secondary N) is 2. The Balaban J connectivity index is 2.05. The second-order valence-corrected chi connectivity index (χ2v) is 4.87. The second-order valence-electron chi connectivity index (χ2n) is 4.12. The Bertz CT molecular complexity index is 576. The molecule has 0 unspecified atom stereocenters. The number of hydrogen-bond acceptors (Lipinski definition) is 5. The fraction of sp³-hybridized carbons (Fsp3) is 0.308. The van der Waals surface area contributed by atoms with Crippen molar-refractivity contribution in [2.75, 3.05) is 17.2 Å². The first kappa shape index (κ1) is 14.8. The molecule has 0 aliphatic heterocycles. The average Bonchev–Trinajstić information content (AvgIpc) is 2.44. The fourth-order valence-electron chi connectivity index (χ4n) is 1.56. The van der Waals surface area contributed by atoms with E-state index in [2.05, 4.69) is 32.5 Å². The molecular formula is C13H15Cl2N5. The van der Waals surface area contributed by atoms with Gasteiger partial charge in [0.2, 0.25) is 17.2 Å². The van der Waals surface area contributed by atoms with E-state index in [4.69, 9.17) is 23.2 Å². The third-order valence-corrected chi connectivity index (χ3v) is 3.07. The quantitative estimate of drug-likeness (QED) is 0.853. The zero-order valence-electron chi connectivity index (χ0n) is 11.0. The molecule has 1 heterocycles. The molecule has 0 fully saturated rings. The maximum absolute atomic E-state index is 6.09. The molecule has 2 rings (SSSR count). The first-order valence-corrected chi connectivity index (χ1v) is 7.07. The van der Waals surface area contributed by atoms with Gasteiger partial charge in [0.25, 0.3) is 0 Å². The summed E-state index contributed by atoms with van der Waals surface area (Å²) in [5.41, 5.74) is 0.966. The van der Waals surface area contributed by atoms with Gasteiger partial charge in [0.05, 0.1) is 0 Å². The van der Waals surface area contributed by atoms with Gasteiger partial charge in [0, 0.05) is 18.1 Å². The van der Waals surface area contributed by atoms with E-state index >= 15 is 0 Å². The maximum Gasteiger partial charge on any atom is 0.229 e. The number of halogens is 2. The van der Waals surface area contributed by atoms with Gasteiger partial charge in [-0.2, -0.15) is 15.0 Å². The van der Waals surface area contributed by atoms with Crippen LogP contribution in [0.4, 0.5) is 11.9 Å². The highest BCUT2D eigenvalue weighted by Crippen LogP contribution is 2.16. The van der Waals surface area contributed by atoms with Crippen molar-refractivity contribution in [2.24, 2.45) is 0 Å². The van der Waals surface area contributed by atoms with Crippen LogP contribution in [0.1, 0.15) is 18.9 Å². The molecular weight excluding hydrogens is 297 g/mol. The smallest absolute Gasteiger partial charge is 0.229 e. The molecule has 0 bridgehead atoms. The van der Waals surface area contributed by atoms with E-state index in [1.807, 2.05) is 24.3 Å². The van der Waals surface area contributed by atoms with Crippen LogP contribution in [0.15, 0.2) is 24.3 Å². The second kappa shape index (κ2) is 7.26. The molecule has 20 heavy (non-hydrogen) atoms. The SMILES string of the molecule is CCCNc1nc(Cl)nc(NCc2ccccc2Cl)n1. The molecule has 2 aromatic rings. The molecule has 0 amide bonds. The zero-order valence-corrected chi connectivity index (χ0v) is 12.5. The monoisotopic (exact) mass is 311 g/mol. The molecule has 0 aliphatic rings. The predicted molar refractivity (Wildman–Crippen MR) is 82.4 cm³/mol. The van der Waals surface area contributed by atoms with Crippen molar-refractivity contribution >= 4 is 35.1 Å². The van der Waals surface area contributed by atoms with Crippen LogP contribution in [0, 0.1) is 0 Å². The summed E-state index contributed by atoms with van der Waals surface area (Å²) in [4.78, 5) is 12.3. The summed E-state index contributed by atoms with van der Waals surface area (Å²) in [5.74, 6) is 0.886. The van der Waals surface area contributed by atoms with Crippen molar-refractivity contribution in [1.82, 2.24) is 15.0 Å². The summed E-state index contributed by atoms with van der Waals surface area (Å²) >= 11 is 12.0. The summed E-state index contributed by atoms with van der Waals surface area (Å²) in [6, 6.07) is 7.59. The van der Waals surface area contributed by atoms with E-state index in [0.717, 1.165) is 18.5 Å². The highest BCUT2D eigenvalue weighted by molar-refractivity contribution is 6.31. The Morgan fingerprint density at radius 1 is 1.00 bits per heavy atom. The van der Waals surface area contributed by atoms with Crippen LogP contribution in [0.3, 0.4) is 0 Å². The lowest BCUT2D eigenvalue weighted by atomic mass is 10.2. The van der Waals surface area contributed by atoms with Gasteiger partial charge >= 0.3 is 0 Å². The number of nitrogens with zero attached hydrogens (tertiary/aromatic N) is 3. The molecule has 1 aromatic carbocycles. The van der Waals surface area contributed by atoms with E-state index < -0.39 is 0 Å². The standard InChI is InChI=1S/C13H15Cl2N5/c1-2-7-16-12-18-11(15)19-13(20-12)17-8-9-5-3-4-6-10(9)14/h3-6H,2,7-8H2,1H3,(H2,16,17,18,19,20). The topological polar surface area (TPSA) is 62.7 Å². The molecule has 0 saturated heterocycles. The van der Waals surface area contributed by atoms with Crippen molar-refractivity contribution in [3.05, 3.63) is 40.1 Å². The summed E-state index contributed by atoms with van der Waals surface area (Å²) in [6.07, 6.45) is 0.978. The molecule has 0 aliphatic carbocycles. The minimum Gasteiger partial charge on any atom is -0.354 e. The van der Waals surface area contributed by atoms with Crippen molar-refractivity contribution in [3.63, 3.8) is 0 Å². The van der Waals surface area contributed by atoms with Crippen LogP contribution in [0.5, 0.6) is 0 Å². The van der Waals surface area contributed by atoms with Crippen molar-refractivity contribution in [2.45, 2.75) is 19.9 Å². The van der Waals surface area contributed by atoms with Crippen LogP contribution in [0.2, 0.25) is 10.3 Å². The van der Waals surface area contributed by atoms with Crippen LogP contribution in [-0.4, -0.2) is 21.5 Å². The number of benzene rings is 1. The molecule has 0 radical (unpaired) electrons. The number of rotatable bonds is 6. The van der Waals surface area contributed by atoms with Gasteiger partial charge < -0.3 is 10.6 Å². The Hall–Kier alpha value is -1.59. The molecule has 106 valence electrons. The molecule has 0 atom stereocenters. The van der Waals surface area contributed by atoms with E-state index in [9.17, 15) is 0 Å². The van der Waals surface area contributed by atoms with Crippen molar-refractivity contribution in [3.8, 4) is 0 Å². The van der Waals surface area contributed by atoms with E-state index in [1.165, 1.54) is 0 Å². The van der Waals surface area contributed by atoms with E-state index in [1.54, 1.807) is 0 Å². The molecule has 5 nitrogen and oxygen atoms in total.